The fourth-order valence-corrected chi connectivity index (χ4v) is 4.62. The standard InChI is InChI=1S/C26H29N3O5S/c1-5-6-7-8-13-34-19-11-9-18(10-12-19)24-27-26-29(28-24)25(30)22(35-26)16-17-14-20(31-2)23(33-4)21(15-17)32-3/h9-12,14-16H,5-8,13H2,1-4H3/b22-16-. The Labute approximate surface area is 207 Å². The van der Waals surface area contributed by atoms with E-state index in [0.29, 0.717) is 39.2 Å². The number of unbranched alkanes of at least 4 members (excludes halogenated alkanes) is 3. The molecule has 0 amide bonds. The monoisotopic (exact) mass is 495 g/mol. The van der Waals surface area contributed by atoms with Crippen molar-refractivity contribution in [3.63, 3.8) is 0 Å². The Morgan fingerprint density at radius 3 is 2.29 bits per heavy atom. The van der Waals surface area contributed by atoms with Crippen molar-refractivity contribution in [3.05, 3.63) is 56.8 Å². The third-order valence-corrected chi connectivity index (χ3v) is 6.50. The van der Waals surface area contributed by atoms with Crippen LogP contribution in [0, 0.1) is 0 Å². The first kappa shape index (κ1) is 24.5. The van der Waals surface area contributed by atoms with Gasteiger partial charge in [-0.2, -0.15) is 9.50 Å². The van der Waals surface area contributed by atoms with Gasteiger partial charge in [0.15, 0.2) is 17.3 Å². The van der Waals surface area contributed by atoms with Crippen molar-refractivity contribution in [1.82, 2.24) is 14.6 Å². The van der Waals surface area contributed by atoms with Gasteiger partial charge in [-0.25, -0.2) is 0 Å². The number of fused-ring (bicyclic) bond motifs is 1. The lowest BCUT2D eigenvalue weighted by atomic mass is 10.1. The molecule has 0 unspecified atom stereocenters. The van der Waals surface area contributed by atoms with Gasteiger partial charge in [-0.1, -0.05) is 37.5 Å². The minimum Gasteiger partial charge on any atom is -0.494 e. The van der Waals surface area contributed by atoms with Crippen LogP contribution in [0.1, 0.15) is 38.2 Å². The summed E-state index contributed by atoms with van der Waals surface area (Å²) in [7, 11) is 4.65. The third kappa shape index (κ3) is 5.40. The van der Waals surface area contributed by atoms with E-state index in [0.717, 1.165) is 23.3 Å². The van der Waals surface area contributed by atoms with Crippen LogP contribution in [-0.2, 0) is 0 Å². The molecule has 0 atom stereocenters. The van der Waals surface area contributed by atoms with E-state index in [9.17, 15) is 4.79 Å². The molecule has 0 aliphatic rings. The van der Waals surface area contributed by atoms with E-state index in [2.05, 4.69) is 17.0 Å². The summed E-state index contributed by atoms with van der Waals surface area (Å²) in [5.74, 6) is 2.84. The van der Waals surface area contributed by atoms with Crippen molar-refractivity contribution in [2.75, 3.05) is 27.9 Å². The number of ether oxygens (including phenoxy) is 4. The molecule has 4 rings (SSSR count). The molecule has 0 N–H and O–H groups in total. The summed E-state index contributed by atoms with van der Waals surface area (Å²) in [5.41, 5.74) is 1.34. The van der Waals surface area contributed by atoms with Crippen LogP contribution in [0.25, 0.3) is 22.4 Å². The van der Waals surface area contributed by atoms with E-state index in [1.807, 2.05) is 24.3 Å². The Balaban J connectivity index is 1.56. The van der Waals surface area contributed by atoms with Crippen LogP contribution in [0.4, 0.5) is 0 Å². The van der Waals surface area contributed by atoms with Gasteiger partial charge in [0.1, 0.15) is 5.75 Å². The summed E-state index contributed by atoms with van der Waals surface area (Å²) in [5, 5.41) is 4.44. The van der Waals surface area contributed by atoms with Crippen molar-refractivity contribution < 1.29 is 18.9 Å². The number of hydrogen-bond acceptors (Lipinski definition) is 8. The van der Waals surface area contributed by atoms with E-state index in [1.165, 1.54) is 35.1 Å². The summed E-state index contributed by atoms with van der Waals surface area (Å²) in [6.45, 7) is 2.90. The van der Waals surface area contributed by atoms with Gasteiger partial charge in [0.25, 0.3) is 5.56 Å². The molecule has 0 saturated heterocycles. The average molecular weight is 496 g/mol. The highest BCUT2D eigenvalue weighted by Crippen LogP contribution is 2.38. The van der Waals surface area contributed by atoms with Crippen molar-refractivity contribution in [1.29, 1.82) is 0 Å². The maximum absolute atomic E-state index is 13.0. The molecule has 0 aliphatic heterocycles. The quantitative estimate of drug-likeness (QED) is 0.286. The normalized spacial score (nSPS) is 11.7. The van der Waals surface area contributed by atoms with Crippen LogP contribution >= 0.6 is 11.3 Å². The highest BCUT2D eigenvalue weighted by Gasteiger charge is 2.15. The molecule has 0 fully saturated rings. The van der Waals surface area contributed by atoms with Gasteiger partial charge < -0.3 is 18.9 Å². The van der Waals surface area contributed by atoms with Gasteiger partial charge >= 0.3 is 0 Å². The zero-order chi connectivity index (χ0) is 24.8. The molecular weight excluding hydrogens is 466 g/mol. The predicted octanol–water partition coefficient (Wildman–Crippen LogP) is 4.35. The summed E-state index contributed by atoms with van der Waals surface area (Å²) >= 11 is 1.28. The minimum atomic E-state index is -0.232. The van der Waals surface area contributed by atoms with Gasteiger partial charge in [-0.15, -0.1) is 5.10 Å². The Kier molecular flexibility index (Phi) is 7.87. The molecule has 0 aliphatic carbocycles. The van der Waals surface area contributed by atoms with E-state index in [1.54, 1.807) is 39.5 Å². The molecule has 9 heteroatoms. The van der Waals surface area contributed by atoms with E-state index < -0.39 is 0 Å². The first-order valence-electron chi connectivity index (χ1n) is 11.5. The van der Waals surface area contributed by atoms with Crippen LogP contribution in [0.5, 0.6) is 23.0 Å². The molecule has 4 aromatic rings. The average Bonchev–Trinajstić information content (AvgIpc) is 3.42. The third-order valence-electron chi connectivity index (χ3n) is 5.55. The minimum absolute atomic E-state index is 0.232. The number of methoxy groups -OCH3 is 3. The molecule has 0 spiro atoms. The molecule has 8 nitrogen and oxygen atoms in total. The second-order valence-corrected chi connectivity index (χ2v) is 8.95. The second kappa shape index (κ2) is 11.2. The molecule has 0 saturated carbocycles. The zero-order valence-corrected chi connectivity index (χ0v) is 21.2. The number of hydrogen-bond donors (Lipinski definition) is 0. The molecule has 2 aromatic carbocycles. The number of rotatable bonds is 11. The smallest absolute Gasteiger partial charge is 0.291 e. The first-order valence-corrected chi connectivity index (χ1v) is 12.3. The molecule has 0 bridgehead atoms. The summed E-state index contributed by atoms with van der Waals surface area (Å²) < 4.78 is 23.8. The van der Waals surface area contributed by atoms with Gasteiger partial charge in [-0.05, 0) is 54.5 Å². The Bertz CT molecular complexity index is 1370. The zero-order valence-electron chi connectivity index (χ0n) is 20.4. The van der Waals surface area contributed by atoms with Gasteiger partial charge in [0, 0.05) is 5.56 Å². The summed E-state index contributed by atoms with van der Waals surface area (Å²) in [4.78, 5) is 18.1. The lowest BCUT2D eigenvalue weighted by Gasteiger charge is -2.12. The topological polar surface area (TPSA) is 84.2 Å². The summed E-state index contributed by atoms with van der Waals surface area (Å²) in [6, 6.07) is 11.2. The van der Waals surface area contributed by atoms with E-state index >= 15 is 0 Å². The first-order chi connectivity index (χ1) is 17.1. The fourth-order valence-electron chi connectivity index (χ4n) is 3.71. The molecule has 0 radical (unpaired) electrons. The number of thiazole rings is 1. The highest BCUT2D eigenvalue weighted by molar-refractivity contribution is 7.15. The number of aromatic nitrogens is 3. The Morgan fingerprint density at radius 1 is 0.971 bits per heavy atom. The van der Waals surface area contributed by atoms with Crippen LogP contribution in [-0.4, -0.2) is 42.5 Å². The van der Waals surface area contributed by atoms with Gasteiger partial charge in [-0.3, -0.25) is 4.79 Å². The number of nitrogens with zero attached hydrogens (tertiary/aromatic N) is 3. The maximum atomic E-state index is 13.0. The molecule has 184 valence electrons. The Morgan fingerprint density at radius 2 is 1.69 bits per heavy atom. The molecular formula is C26H29N3O5S. The van der Waals surface area contributed by atoms with Crippen molar-refractivity contribution >= 4 is 22.4 Å². The van der Waals surface area contributed by atoms with Crippen LogP contribution < -0.4 is 29.0 Å². The molecule has 35 heavy (non-hydrogen) atoms. The maximum Gasteiger partial charge on any atom is 0.291 e. The fraction of sp³-hybridized carbons (Fsp3) is 0.346. The Hall–Kier alpha value is -3.59. The van der Waals surface area contributed by atoms with E-state index in [-0.39, 0.29) is 5.56 Å². The van der Waals surface area contributed by atoms with Crippen molar-refractivity contribution in [2.24, 2.45) is 0 Å². The van der Waals surface area contributed by atoms with Crippen molar-refractivity contribution in [2.45, 2.75) is 32.6 Å². The van der Waals surface area contributed by atoms with Crippen LogP contribution in [0.2, 0.25) is 0 Å². The molecule has 2 aromatic heterocycles. The second-order valence-electron chi connectivity index (χ2n) is 7.94. The lowest BCUT2D eigenvalue weighted by Crippen LogP contribution is -2.23. The number of benzene rings is 2. The van der Waals surface area contributed by atoms with Crippen LogP contribution in [0.3, 0.4) is 0 Å². The highest BCUT2D eigenvalue weighted by atomic mass is 32.1. The predicted molar refractivity (Wildman–Crippen MR) is 137 cm³/mol. The van der Waals surface area contributed by atoms with Gasteiger partial charge in [0.05, 0.1) is 32.5 Å². The molecule has 2 heterocycles. The SMILES string of the molecule is CCCCCCOc1ccc(-c2nc3s/c(=C\c4cc(OC)c(OC)c(OC)c4)c(=O)n3n2)cc1. The van der Waals surface area contributed by atoms with Crippen LogP contribution in [0.15, 0.2) is 41.2 Å². The largest absolute Gasteiger partial charge is 0.494 e. The van der Waals surface area contributed by atoms with Gasteiger partial charge in [0.2, 0.25) is 10.7 Å². The lowest BCUT2D eigenvalue weighted by molar-refractivity contribution is 0.305. The van der Waals surface area contributed by atoms with Crippen molar-refractivity contribution in [3.8, 4) is 34.4 Å². The summed E-state index contributed by atoms with van der Waals surface area (Å²) in [6.07, 6.45) is 6.44. The van der Waals surface area contributed by atoms with E-state index in [4.69, 9.17) is 18.9 Å².